The zero-order valence-corrected chi connectivity index (χ0v) is 15.4. The number of anilines is 1. The topological polar surface area (TPSA) is 48.7 Å². The van der Waals surface area contributed by atoms with Crippen LogP contribution in [-0.4, -0.2) is 4.98 Å². The molecule has 118 valence electrons. The van der Waals surface area contributed by atoms with Gasteiger partial charge in [0, 0.05) is 27.3 Å². The molecule has 1 heterocycles. The maximum Gasteiger partial charge on any atom is 0.136 e. The van der Waals surface area contributed by atoms with Crippen LogP contribution >= 0.6 is 27.3 Å². The minimum absolute atomic E-state index is 0.516. The van der Waals surface area contributed by atoms with E-state index in [-0.39, 0.29) is 0 Å². The van der Waals surface area contributed by atoms with Gasteiger partial charge in [0.15, 0.2) is 0 Å². The largest absolute Gasteiger partial charge is 0.360 e. The van der Waals surface area contributed by atoms with Crippen molar-refractivity contribution < 1.29 is 0 Å². The van der Waals surface area contributed by atoms with Crippen LogP contribution in [-0.2, 0) is 0 Å². The predicted molar refractivity (Wildman–Crippen MR) is 104 cm³/mol. The molecule has 5 heteroatoms. The third-order valence-corrected chi connectivity index (χ3v) is 4.75. The van der Waals surface area contributed by atoms with Crippen molar-refractivity contribution in [3.8, 4) is 17.3 Å². The molecular formula is C19H14BrN3S. The first kappa shape index (κ1) is 16.4. The third kappa shape index (κ3) is 3.91. The van der Waals surface area contributed by atoms with Gasteiger partial charge in [0.05, 0.1) is 5.69 Å². The Labute approximate surface area is 153 Å². The lowest BCUT2D eigenvalue weighted by molar-refractivity contribution is 1.36. The minimum Gasteiger partial charge on any atom is -0.360 e. The van der Waals surface area contributed by atoms with Crippen LogP contribution in [0, 0.1) is 18.3 Å². The Balaban J connectivity index is 1.84. The molecule has 24 heavy (non-hydrogen) atoms. The number of hydrogen-bond donors (Lipinski definition) is 1. The predicted octanol–water partition coefficient (Wildman–Crippen LogP) is 5.86. The number of benzene rings is 2. The van der Waals surface area contributed by atoms with Gasteiger partial charge in [-0.05, 0) is 36.8 Å². The van der Waals surface area contributed by atoms with Crippen LogP contribution < -0.4 is 5.32 Å². The van der Waals surface area contributed by atoms with E-state index >= 15 is 0 Å². The summed E-state index contributed by atoms with van der Waals surface area (Å²) in [6.45, 7) is 2.03. The molecule has 3 nitrogen and oxygen atoms in total. The fourth-order valence-electron chi connectivity index (χ4n) is 2.21. The average molecular weight is 396 g/mol. The molecule has 0 aliphatic rings. The number of nitrogens with zero attached hydrogens (tertiary/aromatic N) is 2. The van der Waals surface area contributed by atoms with Crippen molar-refractivity contribution in [2.45, 2.75) is 6.92 Å². The van der Waals surface area contributed by atoms with Gasteiger partial charge in [-0.1, -0.05) is 40.2 Å². The average Bonchev–Trinajstić information content (AvgIpc) is 3.05. The monoisotopic (exact) mass is 395 g/mol. The normalized spacial score (nSPS) is 11.1. The summed E-state index contributed by atoms with van der Waals surface area (Å²) in [4.78, 5) is 4.59. The molecule has 0 spiro atoms. The van der Waals surface area contributed by atoms with E-state index in [0.29, 0.717) is 10.6 Å². The lowest BCUT2D eigenvalue weighted by Crippen LogP contribution is -1.91. The number of hydrogen-bond acceptors (Lipinski definition) is 4. The molecule has 0 aliphatic carbocycles. The molecule has 0 bridgehead atoms. The van der Waals surface area contributed by atoms with Crippen LogP contribution in [0.15, 0.2) is 64.6 Å². The van der Waals surface area contributed by atoms with Gasteiger partial charge in [-0.3, -0.25) is 0 Å². The molecule has 0 atom stereocenters. The molecule has 0 unspecified atom stereocenters. The number of nitriles is 1. The number of rotatable bonds is 4. The molecule has 0 saturated carbocycles. The van der Waals surface area contributed by atoms with Crippen molar-refractivity contribution >= 4 is 38.5 Å². The first-order chi connectivity index (χ1) is 11.7. The van der Waals surface area contributed by atoms with Crippen molar-refractivity contribution in [2.75, 3.05) is 5.32 Å². The molecule has 3 aromatic rings. The lowest BCUT2D eigenvalue weighted by atomic mass is 10.2. The zero-order chi connectivity index (χ0) is 16.9. The fraction of sp³-hybridized carbons (Fsp3) is 0.0526. The molecule has 2 aromatic carbocycles. The Morgan fingerprint density at radius 1 is 1.25 bits per heavy atom. The van der Waals surface area contributed by atoms with Crippen LogP contribution in [0.4, 0.5) is 5.69 Å². The number of halogens is 1. The van der Waals surface area contributed by atoms with E-state index in [1.165, 1.54) is 11.3 Å². The fourth-order valence-corrected chi connectivity index (χ4v) is 3.40. The summed E-state index contributed by atoms with van der Waals surface area (Å²) >= 11 is 4.93. The molecule has 0 fully saturated rings. The number of nitrogens with one attached hydrogen (secondary N) is 1. The smallest absolute Gasteiger partial charge is 0.136 e. The first-order valence-corrected chi connectivity index (χ1v) is 8.98. The Kier molecular flexibility index (Phi) is 5.09. The Morgan fingerprint density at radius 3 is 2.83 bits per heavy atom. The van der Waals surface area contributed by atoms with E-state index in [9.17, 15) is 5.26 Å². The van der Waals surface area contributed by atoms with E-state index in [0.717, 1.165) is 27.0 Å². The lowest BCUT2D eigenvalue weighted by Gasteiger charge is -2.02. The summed E-state index contributed by atoms with van der Waals surface area (Å²) in [5.41, 5.74) is 4.52. The third-order valence-electron chi connectivity index (χ3n) is 3.38. The van der Waals surface area contributed by atoms with Gasteiger partial charge in [0.2, 0.25) is 0 Å². The van der Waals surface area contributed by atoms with Crippen LogP contribution in [0.1, 0.15) is 10.6 Å². The van der Waals surface area contributed by atoms with Crippen LogP contribution in [0.25, 0.3) is 16.8 Å². The molecule has 0 radical (unpaired) electrons. The van der Waals surface area contributed by atoms with E-state index in [2.05, 4.69) is 32.3 Å². The summed E-state index contributed by atoms with van der Waals surface area (Å²) in [7, 11) is 0. The minimum atomic E-state index is 0.516. The second-order valence-electron chi connectivity index (χ2n) is 5.23. The highest BCUT2D eigenvalue weighted by molar-refractivity contribution is 9.10. The highest BCUT2D eigenvalue weighted by Crippen LogP contribution is 2.27. The molecule has 3 rings (SSSR count). The summed E-state index contributed by atoms with van der Waals surface area (Å²) in [5, 5.41) is 15.3. The van der Waals surface area contributed by atoms with Crippen molar-refractivity contribution in [3.05, 3.63) is 75.2 Å². The zero-order valence-electron chi connectivity index (χ0n) is 13.0. The summed E-state index contributed by atoms with van der Waals surface area (Å²) in [6.07, 6.45) is 1.71. The van der Waals surface area contributed by atoms with Gasteiger partial charge in [0.1, 0.15) is 16.6 Å². The second-order valence-corrected chi connectivity index (χ2v) is 7.01. The number of aryl methyl sites for hydroxylation is 1. The van der Waals surface area contributed by atoms with Crippen molar-refractivity contribution in [3.63, 3.8) is 0 Å². The van der Waals surface area contributed by atoms with Gasteiger partial charge >= 0.3 is 0 Å². The van der Waals surface area contributed by atoms with Gasteiger partial charge in [-0.15, -0.1) is 11.3 Å². The number of thiazole rings is 1. The molecule has 1 aromatic heterocycles. The SMILES string of the molecule is Cc1cccc(N/C=C(\C#N)c2nc(-c3cccc(Br)c3)cs2)c1. The maximum absolute atomic E-state index is 9.44. The van der Waals surface area contributed by atoms with Crippen LogP contribution in [0.5, 0.6) is 0 Å². The number of aromatic nitrogens is 1. The Bertz CT molecular complexity index is 938. The van der Waals surface area contributed by atoms with Crippen molar-refractivity contribution in [1.82, 2.24) is 4.98 Å². The molecule has 1 N–H and O–H groups in total. The van der Waals surface area contributed by atoms with Gasteiger partial charge in [-0.2, -0.15) is 5.26 Å². The highest BCUT2D eigenvalue weighted by Gasteiger charge is 2.09. The van der Waals surface area contributed by atoms with Gasteiger partial charge < -0.3 is 5.32 Å². The Hall–Kier alpha value is -2.42. The van der Waals surface area contributed by atoms with Crippen molar-refractivity contribution in [1.29, 1.82) is 5.26 Å². The molecular weight excluding hydrogens is 382 g/mol. The molecule has 0 amide bonds. The quantitative estimate of drug-likeness (QED) is 0.562. The molecule has 0 saturated heterocycles. The Morgan fingerprint density at radius 2 is 2.08 bits per heavy atom. The summed E-state index contributed by atoms with van der Waals surface area (Å²) in [5.74, 6) is 0. The van der Waals surface area contributed by atoms with Crippen molar-refractivity contribution in [2.24, 2.45) is 0 Å². The summed E-state index contributed by atoms with van der Waals surface area (Å²) < 4.78 is 1.01. The van der Waals surface area contributed by atoms with E-state index < -0.39 is 0 Å². The van der Waals surface area contributed by atoms with E-state index in [4.69, 9.17) is 0 Å². The standard InChI is InChI=1S/C19H14BrN3S/c1-13-4-2-7-17(8-13)22-11-15(10-21)19-23-18(12-24-19)14-5-3-6-16(20)9-14/h2-9,11-12,22H,1H3/b15-11+. The highest BCUT2D eigenvalue weighted by atomic mass is 79.9. The van der Waals surface area contributed by atoms with E-state index in [1.807, 2.05) is 60.8 Å². The second kappa shape index (κ2) is 7.43. The van der Waals surface area contributed by atoms with Crippen LogP contribution in [0.3, 0.4) is 0 Å². The number of allylic oxidation sites excluding steroid dienone is 1. The van der Waals surface area contributed by atoms with Crippen LogP contribution in [0.2, 0.25) is 0 Å². The van der Waals surface area contributed by atoms with Gasteiger partial charge in [-0.25, -0.2) is 4.98 Å². The van der Waals surface area contributed by atoms with Gasteiger partial charge in [0.25, 0.3) is 0 Å². The first-order valence-electron chi connectivity index (χ1n) is 7.31. The maximum atomic E-state index is 9.44. The molecule has 0 aliphatic heterocycles. The summed E-state index contributed by atoms with van der Waals surface area (Å²) in [6, 6.07) is 18.2. The van der Waals surface area contributed by atoms with E-state index in [1.54, 1.807) is 6.20 Å².